The van der Waals surface area contributed by atoms with E-state index in [1.54, 1.807) is 0 Å². The Morgan fingerprint density at radius 1 is 1.45 bits per heavy atom. The third kappa shape index (κ3) is 1.91. The van der Waals surface area contributed by atoms with Gasteiger partial charge in [-0.15, -0.1) is 0 Å². The van der Waals surface area contributed by atoms with Gasteiger partial charge in [-0.25, -0.2) is 0 Å². The maximum atomic E-state index is 10.5. The van der Waals surface area contributed by atoms with Gasteiger partial charge in [0.15, 0.2) is 0 Å². The van der Waals surface area contributed by atoms with E-state index in [9.17, 15) is 4.79 Å². The van der Waals surface area contributed by atoms with Crippen LogP contribution in [0.2, 0.25) is 0 Å². The van der Waals surface area contributed by atoms with Gasteiger partial charge in [0, 0.05) is 6.04 Å². The summed E-state index contributed by atoms with van der Waals surface area (Å²) in [6.45, 7) is 0. The topological polar surface area (TPSA) is 83.5 Å². The maximum absolute atomic E-state index is 10.5. The number of carboxylic acid groups (broad SMARTS) is 1. The molecule has 1 fully saturated rings. The molecule has 0 aromatic carbocycles. The number of rotatable bonds is 1. The molecule has 1 rings (SSSR count). The van der Waals surface area contributed by atoms with Crippen LogP contribution in [0.3, 0.4) is 0 Å². The van der Waals surface area contributed by atoms with Crippen molar-refractivity contribution in [3.63, 3.8) is 0 Å². The fourth-order valence-electron chi connectivity index (χ4n) is 1.49. The Hall–Kier alpha value is -0.610. The van der Waals surface area contributed by atoms with Crippen molar-refractivity contribution in [1.82, 2.24) is 0 Å². The summed E-state index contributed by atoms with van der Waals surface area (Å²) >= 11 is 0. The molecule has 4 N–H and O–H groups in total. The quantitative estimate of drug-likeness (QED) is 0.484. The standard InChI is InChI=1S/C7H13NO3/c8-6-3-4(9)1-2-5(6)7(10)11/h4-6,9H,1-3,8H2,(H,10,11)/t4-,5+,6-/m0/s1. The fraction of sp³-hybridized carbons (Fsp3) is 0.857. The van der Waals surface area contributed by atoms with Crippen LogP contribution in [0, 0.1) is 5.92 Å². The Bertz CT molecular complexity index is 160. The molecule has 3 atom stereocenters. The van der Waals surface area contributed by atoms with Crippen LogP contribution in [0.25, 0.3) is 0 Å². The van der Waals surface area contributed by atoms with Gasteiger partial charge in [0.25, 0.3) is 0 Å². The summed E-state index contributed by atoms with van der Waals surface area (Å²) in [6.07, 6.45) is 1.07. The molecule has 11 heavy (non-hydrogen) atoms. The van der Waals surface area contributed by atoms with Crippen molar-refractivity contribution in [3.8, 4) is 0 Å². The molecule has 4 heteroatoms. The van der Waals surface area contributed by atoms with Crippen molar-refractivity contribution in [2.24, 2.45) is 11.7 Å². The second kappa shape index (κ2) is 3.19. The second-order valence-electron chi connectivity index (χ2n) is 3.08. The van der Waals surface area contributed by atoms with Crippen LogP contribution in [-0.4, -0.2) is 28.3 Å². The Kier molecular flexibility index (Phi) is 2.46. The molecule has 0 aromatic rings. The van der Waals surface area contributed by atoms with Crippen molar-refractivity contribution in [2.45, 2.75) is 31.4 Å². The molecule has 0 unspecified atom stereocenters. The van der Waals surface area contributed by atoms with E-state index >= 15 is 0 Å². The van der Waals surface area contributed by atoms with Crippen LogP contribution in [-0.2, 0) is 4.79 Å². The SMILES string of the molecule is N[C@H]1C[C@@H](O)CC[C@H]1C(=O)O. The fourth-order valence-corrected chi connectivity index (χ4v) is 1.49. The monoisotopic (exact) mass is 159 g/mol. The first kappa shape index (κ1) is 8.49. The van der Waals surface area contributed by atoms with Crippen molar-refractivity contribution in [2.75, 3.05) is 0 Å². The summed E-state index contributed by atoms with van der Waals surface area (Å²) in [4.78, 5) is 10.5. The predicted octanol–water partition coefficient (Wildman–Crippen LogP) is -0.441. The number of aliphatic carboxylic acids is 1. The molecule has 1 aliphatic rings. The first-order chi connectivity index (χ1) is 5.11. The Labute approximate surface area is 65.0 Å². The summed E-state index contributed by atoms with van der Waals surface area (Å²) in [5.74, 6) is -1.30. The lowest BCUT2D eigenvalue weighted by atomic mass is 9.83. The zero-order valence-corrected chi connectivity index (χ0v) is 6.23. The average Bonchev–Trinajstić information content (AvgIpc) is 1.85. The van der Waals surface area contributed by atoms with E-state index in [0.717, 1.165) is 0 Å². The van der Waals surface area contributed by atoms with Gasteiger partial charge in [-0.2, -0.15) is 0 Å². The molecule has 0 radical (unpaired) electrons. The Morgan fingerprint density at radius 3 is 2.55 bits per heavy atom. The molecule has 0 aromatic heterocycles. The van der Waals surface area contributed by atoms with Crippen molar-refractivity contribution in [3.05, 3.63) is 0 Å². The Morgan fingerprint density at radius 2 is 2.09 bits per heavy atom. The molecule has 0 saturated heterocycles. The maximum Gasteiger partial charge on any atom is 0.308 e. The van der Waals surface area contributed by atoms with Gasteiger partial charge in [0.05, 0.1) is 12.0 Å². The molecule has 0 heterocycles. The van der Waals surface area contributed by atoms with Crippen molar-refractivity contribution >= 4 is 5.97 Å². The molecule has 0 amide bonds. The van der Waals surface area contributed by atoms with Crippen LogP contribution in [0.15, 0.2) is 0 Å². The second-order valence-corrected chi connectivity index (χ2v) is 3.08. The minimum atomic E-state index is -0.843. The van der Waals surface area contributed by atoms with E-state index in [4.69, 9.17) is 15.9 Å². The zero-order valence-electron chi connectivity index (χ0n) is 6.23. The number of aliphatic hydroxyl groups is 1. The van der Waals surface area contributed by atoms with Gasteiger partial charge in [-0.05, 0) is 19.3 Å². The summed E-state index contributed by atoms with van der Waals surface area (Å²) in [5, 5.41) is 17.7. The Balaban J connectivity index is 2.50. The summed E-state index contributed by atoms with van der Waals surface area (Å²) in [7, 11) is 0. The van der Waals surface area contributed by atoms with Crippen molar-refractivity contribution in [1.29, 1.82) is 0 Å². The van der Waals surface area contributed by atoms with E-state index < -0.39 is 18.0 Å². The molecular formula is C7H13NO3. The molecule has 1 saturated carbocycles. The highest BCUT2D eigenvalue weighted by Gasteiger charge is 2.31. The third-order valence-electron chi connectivity index (χ3n) is 2.19. The van der Waals surface area contributed by atoms with Crippen LogP contribution >= 0.6 is 0 Å². The number of aliphatic hydroxyl groups excluding tert-OH is 1. The smallest absolute Gasteiger partial charge is 0.308 e. The van der Waals surface area contributed by atoms with Gasteiger partial charge in [-0.1, -0.05) is 0 Å². The molecule has 64 valence electrons. The van der Waals surface area contributed by atoms with Crippen LogP contribution in [0.5, 0.6) is 0 Å². The van der Waals surface area contributed by atoms with Gasteiger partial charge < -0.3 is 15.9 Å². The molecule has 0 aliphatic heterocycles. The van der Waals surface area contributed by atoms with Gasteiger partial charge in [-0.3, -0.25) is 4.79 Å². The van der Waals surface area contributed by atoms with E-state index in [1.807, 2.05) is 0 Å². The minimum absolute atomic E-state index is 0.378. The van der Waals surface area contributed by atoms with E-state index in [-0.39, 0.29) is 6.04 Å². The summed E-state index contributed by atoms with van der Waals surface area (Å²) < 4.78 is 0. The highest BCUT2D eigenvalue weighted by Crippen LogP contribution is 2.23. The third-order valence-corrected chi connectivity index (χ3v) is 2.19. The zero-order chi connectivity index (χ0) is 8.43. The van der Waals surface area contributed by atoms with Crippen LogP contribution in [0.4, 0.5) is 0 Å². The first-order valence-corrected chi connectivity index (χ1v) is 3.77. The number of nitrogens with two attached hydrogens (primary N) is 1. The van der Waals surface area contributed by atoms with Gasteiger partial charge in [0.2, 0.25) is 0 Å². The molecule has 4 nitrogen and oxygen atoms in total. The minimum Gasteiger partial charge on any atom is -0.481 e. The summed E-state index contributed by atoms with van der Waals surface area (Å²) in [6, 6.07) is -0.378. The van der Waals surface area contributed by atoms with Crippen LogP contribution < -0.4 is 5.73 Å². The van der Waals surface area contributed by atoms with Crippen LogP contribution in [0.1, 0.15) is 19.3 Å². The van der Waals surface area contributed by atoms with E-state index in [0.29, 0.717) is 19.3 Å². The molecule has 0 bridgehead atoms. The lowest BCUT2D eigenvalue weighted by Gasteiger charge is -2.28. The molecular weight excluding hydrogens is 146 g/mol. The highest BCUT2D eigenvalue weighted by atomic mass is 16.4. The average molecular weight is 159 g/mol. The highest BCUT2D eigenvalue weighted by molar-refractivity contribution is 5.71. The normalized spacial score (nSPS) is 38.5. The lowest BCUT2D eigenvalue weighted by molar-refractivity contribution is -0.144. The van der Waals surface area contributed by atoms with E-state index in [1.165, 1.54) is 0 Å². The van der Waals surface area contributed by atoms with Crippen molar-refractivity contribution < 1.29 is 15.0 Å². The number of carboxylic acids is 1. The number of hydrogen-bond donors (Lipinski definition) is 3. The largest absolute Gasteiger partial charge is 0.481 e. The molecule has 1 aliphatic carbocycles. The molecule has 0 spiro atoms. The number of hydrogen-bond acceptors (Lipinski definition) is 3. The van der Waals surface area contributed by atoms with Gasteiger partial charge >= 0.3 is 5.97 Å². The van der Waals surface area contributed by atoms with E-state index in [2.05, 4.69) is 0 Å². The summed E-state index contributed by atoms with van der Waals surface area (Å²) in [5.41, 5.74) is 5.53. The predicted molar refractivity (Wildman–Crippen MR) is 39.0 cm³/mol. The lowest BCUT2D eigenvalue weighted by Crippen LogP contribution is -2.42. The first-order valence-electron chi connectivity index (χ1n) is 3.77. The van der Waals surface area contributed by atoms with Gasteiger partial charge in [0.1, 0.15) is 0 Å². The number of carbonyl (C=O) groups is 1.